The zero-order valence-electron chi connectivity index (χ0n) is 7.62. The molecule has 0 bridgehead atoms. The molecule has 1 aliphatic rings. The van der Waals surface area contributed by atoms with Crippen LogP contribution in [0.5, 0.6) is 0 Å². The molecule has 1 aliphatic heterocycles. The van der Waals surface area contributed by atoms with Crippen LogP contribution in [-0.2, 0) is 0 Å². The molecule has 2 rings (SSSR count). The Bertz CT molecular complexity index is 373. The first-order valence-corrected chi connectivity index (χ1v) is 6.13. The number of hydrogen-bond acceptors (Lipinski definition) is 3. The van der Waals surface area contributed by atoms with Crippen LogP contribution in [0.4, 0.5) is 0 Å². The monoisotopic (exact) mass is 230 g/mol. The van der Waals surface area contributed by atoms with Crippen LogP contribution in [0, 0.1) is 0 Å². The number of H-pyrrole nitrogens is 1. The van der Waals surface area contributed by atoms with Crippen LogP contribution in [-0.4, -0.2) is 21.7 Å². The molecule has 76 valence electrons. The topological polar surface area (TPSA) is 45.8 Å². The number of halogens is 1. The Morgan fingerprint density at radius 3 is 3.14 bits per heavy atom. The highest BCUT2D eigenvalue weighted by molar-refractivity contribution is 7.99. The van der Waals surface area contributed by atoms with Crippen molar-refractivity contribution < 1.29 is 0 Å². The maximum atomic E-state index is 11.0. The van der Waals surface area contributed by atoms with Gasteiger partial charge in [-0.3, -0.25) is 4.79 Å². The normalized spacial score (nSPS) is 22.2. The third-order valence-corrected chi connectivity index (χ3v) is 3.85. The maximum absolute atomic E-state index is 11.0. The van der Waals surface area contributed by atoms with Crippen molar-refractivity contribution >= 4 is 23.4 Å². The molecule has 0 radical (unpaired) electrons. The highest BCUT2D eigenvalue weighted by Gasteiger charge is 2.17. The highest BCUT2D eigenvalue weighted by atomic mass is 35.5. The first-order valence-electron chi connectivity index (χ1n) is 4.60. The lowest BCUT2D eigenvalue weighted by atomic mass is 10.0. The minimum atomic E-state index is -0.307. The van der Waals surface area contributed by atoms with Gasteiger partial charge in [0.2, 0.25) is 0 Å². The van der Waals surface area contributed by atoms with E-state index in [0.717, 1.165) is 17.9 Å². The molecule has 0 spiro atoms. The van der Waals surface area contributed by atoms with Crippen LogP contribution in [0.25, 0.3) is 0 Å². The Morgan fingerprint density at radius 1 is 1.64 bits per heavy atom. The van der Waals surface area contributed by atoms with Crippen LogP contribution < -0.4 is 5.56 Å². The minimum Gasteiger partial charge on any atom is -0.266 e. The van der Waals surface area contributed by atoms with Crippen molar-refractivity contribution in [2.24, 2.45) is 0 Å². The Morgan fingerprint density at radius 2 is 2.50 bits per heavy atom. The molecule has 1 N–H and O–H groups in total. The fraction of sp³-hybridized carbons (Fsp3) is 0.556. The van der Waals surface area contributed by atoms with E-state index in [1.165, 1.54) is 12.2 Å². The summed E-state index contributed by atoms with van der Waals surface area (Å²) in [7, 11) is 0. The van der Waals surface area contributed by atoms with Crippen LogP contribution in [0.1, 0.15) is 24.5 Å². The van der Waals surface area contributed by atoms with Crippen molar-refractivity contribution in [1.82, 2.24) is 10.2 Å². The summed E-state index contributed by atoms with van der Waals surface area (Å²) >= 11 is 7.68. The molecule has 2 heterocycles. The summed E-state index contributed by atoms with van der Waals surface area (Å²) in [5.74, 6) is 2.76. The van der Waals surface area contributed by atoms with Crippen molar-refractivity contribution in [2.75, 3.05) is 11.5 Å². The van der Waals surface area contributed by atoms with E-state index in [1.54, 1.807) is 6.07 Å². The largest absolute Gasteiger partial charge is 0.282 e. The van der Waals surface area contributed by atoms with Crippen LogP contribution in [0.2, 0.25) is 5.02 Å². The van der Waals surface area contributed by atoms with Crippen LogP contribution in [0.15, 0.2) is 10.9 Å². The summed E-state index contributed by atoms with van der Waals surface area (Å²) in [6, 6.07) is 1.69. The van der Waals surface area contributed by atoms with Gasteiger partial charge in [-0.25, -0.2) is 5.10 Å². The van der Waals surface area contributed by atoms with Crippen LogP contribution >= 0.6 is 23.4 Å². The molecule has 1 aromatic heterocycles. The van der Waals surface area contributed by atoms with Gasteiger partial charge in [-0.05, 0) is 24.7 Å². The summed E-state index contributed by atoms with van der Waals surface area (Å²) in [4.78, 5) is 11.0. The summed E-state index contributed by atoms with van der Waals surface area (Å²) in [5.41, 5.74) is 0.612. The zero-order valence-corrected chi connectivity index (χ0v) is 9.20. The molecular formula is C9H11ClN2OS. The fourth-order valence-corrected chi connectivity index (χ4v) is 2.89. The van der Waals surface area contributed by atoms with Gasteiger partial charge in [-0.15, -0.1) is 0 Å². The van der Waals surface area contributed by atoms with E-state index in [9.17, 15) is 4.79 Å². The van der Waals surface area contributed by atoms with Crippen molar-refractivity contribution in [3.8, 4) is 0 Å². The highest BCUT2D eigenvalue weighted by Crippen LogP contribution is 2.29. The zero-order chi connectivity index (χ0) is 9.97. The van der Waals surface area contributed by atoms with Crippen molar-refractivity contribution in [3.05, 3.63) is 27.1 Å². The molecule has 1 unspecified atom stereocenters. The van der Waals surface area contributed by atoms with E-state index in [-0.39, 0.29) is 10.6 Å². The standard InChI is InChI=1S/C9H11ClN2OS/c10-7-4-8(11-12-9(7)13)6-2-1-3-14-5-6/h4,6H,1-3,5H2,(H,12,13). The lowest BCUT2D eigenvalue weighted by molar-refractivity contribution is 0.631. The van der Waals surface area contributed by atoms with Crippen molar-refractivity contribution in [2.45, 2.75) is 18.8 Å². The molecule has 1 aromatic rings. The van der Waals surface area contributed by atoms with Gasteiger partial charge in [0.05, 0.1) is 5.69 Å². The molecule has 1 fully saturated rings. The molecule has 0 aromatic carbocycles. The lowest BCUT2D eigenvalue weighted by Gasteiger charge is -2.20. The van der Waals surface area contributed by atoms with Gasteiger partial charge in [0.15, 0.2) is 0 Å². The summed E-state index contributed by atoms with van der Waals surface area (Å²) in [6.07, 6.45) is 2.36. The van der Waals surface area contributed by atoms with Gasteiger partial charge in [0.1, 0.15) is 5.02 Å². The second kappa shape index (κ2) is 4.36. The number of rotatable bonds is 1. The maximum Gasteiger partial charge on any atom is 0.282 e. The van der Waals surface area contributed by atoms with Crippen molar-refractivity contribution in [1.29, 1.82) is 0 Å². The number of aromatic amines is 1. The molecule has 5 heteroatoms. The lowest BCUT2D eigenvalue weighted by Crippen LogP contribution is -2.15. The van der Waals surface area contributed by atoms with Crippen LogP contribution in [0.3, 0.4) is 0 Å². The number of nitrogens with one attached hydrogen (secondary N) is 1. The first kappa shape index (κ1) is 10.1. The molecule has 3 nitrogen and oxygen atoms in total. The Kier molecular flexibility index (Phi) is 3.13. The number of hydrogen-bond donors (Lipinski definition) is 1. The number of thioether (sulfide) groups is 1. The first-order chi connectivity index (χ1) is 6.77. The summed E-state index contributed by atoms with van der Waals surface area (Å²) < 4.78 is 0. The second-order valence-corrected chi connectivity index (χ2v) is 4.94. The van der Waals surface area contributed by atoms with Gasteiger partial charge in [0, 0.05) is 11.7 Å². The predicted octanol–water partition coefficient (Wildman–Crippen LogP) is 2.03. The number of aromatic nitrogens is 2. The molecule has 0 amide bonds. The Balaban J connectivity index is 2.22. The van der Waals surface area contributed by atoms with Gasteiger partial charge in [0.25, 0.3) is 5.56 Å². The average Bonchev–Trinajstić information content (AvgIpc) is 2.23. The summed E-state index contributed by atoms with van der Waals surface area (Å²) in [6.45, 7) is 0. The molecule has 1 saturated heterocycles. The van der Waals surface area contributed by atoms with E-state index >= 15 is 0 Å². The average molecular weight is 231 g/mol. The summed E-state index contributed by atoms with van der Waals surface area (Å²) in [5, 5.41) is 6.69. The number of nitrogens with zero attached hydrogens (tertiary/aromatic N) is 1. The van der Waals surface area contributed by atoms with E-state index in [4.69, 9.17) is 11.6 Å². The third kappa shape index (κ3) is 2.12. The molecule has 0 saturated carbocycles. The van der Waals surface area contributed by atoms with E-state index in [2.05, 4.69) is 10.2 Å². The smallest absolute Gasteiger partial charge is 0.266 e. The Labute approximate surface area is 91.2 Å². The predicted molar refractivity (Wildman–Crippen MR) is 59.2 cm³/mol. The van der Waals surface area contributed by atoms with E-state index in [0.29, 0.717) is 5.92 Å². The van der Waals surface area contributed by atoms with Gasteiger partial charge in [-0.1, -0.05) is 11.6 Å². The van der Waals surface area contributed by atoms with Gasteiger partial charge < -0.3 is 0 Å². The second-order valence-electron chi connectivity index (χ2n) is 3.38. The molecular weight excluding hydrogens is 220 g/mol. The van der Waals surface area contributed by atoms with E-state index < -0.39 is 0 Å². The SMILES string of the molecule is O=c1[nH]nc(C2CCCSC2)cc1Cl. The minimum absolute atomic E-state index is 0.241. The third-order valence-electron chi connectivity index (χ3n) is 2.36. The van der Waals surface area contributed by atoms with Gasteiger partial charge >= 0.3 is 0 Å². The molecule has 1 atom stereocenters. The molecule has 14 heavy (non-hydrogen) atoms. The fourth-order valence-electron chi connectivity index (χ4n) is 1.58. The Hall–Kier alpha value is -0.480. The van der Waals surface area contributed by atoms with Crippen molar-refractivity contribution in [3.63, 3.8) is 0 Å². The van der Waals surface area contributed by atoms with E-state index in [1.807, 2.05) is 11.8 Å². The quantitative estimate of drug-likeness (QED) is 0.803. The molecule has 0 aliphatic carbocycles. The van der Waals surface area contributed by atoms with Gasteiger partial charge in [-0.2, -0.15) is 16.9 Å².